The van der Waals surface area contributed by atoms with Crippen molar-refractivity contribution >= 4 is 17.2 Å². The molecule has 0 aliphatic heterocycles. The van der Waals surface area contributed by atoms with Crippen molar-refractivity contribution in [2.75, 3.05) is 20.3 Å². The first-order valence-electron chi connectivity index (χ1n) is 7.35. The van der Waals surface area contributed by atoms with Crippen molar-refractivity contribution in [1.82, 2.24) is 4.90 Å². The van der Waals surface area contributed by atoms with Gasteiger partial charge in [0.15, 0.2) is 0 Å². The molecule has 0 aliphatic carbocycles. The zero-order valence-electron chi connectivity index (χ0n) is 13.1. The molecule has 0 spiro atoms. The van der Waals surface area contributed by atoms with E-state index in [9.17, 15) is 4.39 Å². The number of rotatable bonds is 9. The fraction of sp³-hybridized carbons (Fsp3) is 0.562. The normalized spacial score (nSPS) is 11.3. The Kier molecular flexibility index (Phi) is 7.78. The lowest BCUT2D eigenvalue weighted by Gasteiger charge is -2.30. The zero-order chi connectivity index (χ0) is 15.8. The number of halogens is 1. The Hall–Kier alpha value is -1.04. The minimum absolute atomic E-state index is 0.0975. The molecule has 1 aromatic carbocycles. The van der Waals surface area contributed by atoms with Crippen molar-refractivity contribution in [3.63, 3.8) is 0 Å². The van der Waals surface area contributed by atoms with E-state index >= 15 is 0 Å². The molecular formula is C16H25FN2OS. The van der Waals surface area contributed by atoms with Crippen LogP contribution in [0.1, 0.15) is 37.8 Å². The van der Waals surface area contributed by atoms with Gasteiger partial charge in [-0.2, -0.15) is 0 Å². The summed E-state index contributed by atoms with van der Waals surface area (Å²) in [4.78, 5) is 2.35. The predicted molar refractivity (Wildman–Crippen MR) is 88.9 cm³/mol. The summed E-state index contributed by atoms with van der Waals surface area (Å²) in [5, 5.41) is 0. The van der Waals surface area contributed by atoms with Crippen molar-refractivity contribution in [2.24, 2.45) is 5.73 Å². The maximum atomic E-state index is 14.5. The van der Waals surface area contributed by atoms with Gasteiger partial charge in [0, 0.05) is 37.4 Å². The lowest BCUT2D eigenvalue weighted by molar-refractivity contribution is 0.109. The largest absolute Gasteiger partial charge is 0.389 e. The Morgan fingerprint density at radius 2 is 2.05 bits per heavy atom. The Bertz CT molecular complexity index is 464. The monoisotopic (exact) mass is 312 g/mol. The molecule has 5 heteroatoms. The van der Waals surface area contributed by atoms with E-state index < -0.39 is 0 Å². The van der Waals surface area contributed by atoms with Gasteiger partial charge in [-0.1, -0.05) is 38.2 Å². The molecule has 118 valence electrons. The fourth-order valence-corrected chi connectivity index (χ4v) is 2.67. The van der Waals surface area contributed by atoms with Gasteiger partial charge in [-0.25, -0.2) is 4.39 Å². The summed E-state index contributed by atoms with van der Waals surface area (Å²) in [7, 11) is 1.68. The van der Waals surface area contributed by atoms with Crippen LogP contribution in [0.5, 0.6) is 0 Å². The van der Waals surface area contributed by atoms with Crippen LogP contribution in [0.15, 0.2) is 18.2 Å². The number of methoxy groups -OCH3 is 1. The van der Waals surface area contributed by atoms with Gasteiger partial charge < -0.3 is 10.5 Å². The molecule has 3 nitrogen and oxygen atoms in total. The minimum atomic E-state index is -0.307. The summed E-state index contributed by atoms with van der Waals surface area (Å²) in [5.74, 6) is -0.307. The molecule has 0 saturated heterocycles. The number of nitrogens with zero attached hydrogens (tertiary/aromatic N) is 1. The van der Waals surface area contributed by atoms with Gasteiger partial charge >= 0.3 is 0 Å². The quantitative estimate of drug-likeness (QED) is 0.711. The number of ether oxygens (including phenoxy) is 1. The number of nitrogens with two attached hydrogens (primary N) is 1. The van der Waals surface area contributed by atoms with Gasteiger partial charge in [-0.05, 0) is 18.9 Å². The molecule has 0 fully saturated rings. The molecule has 0 atom stereocenters. The molecule has 21 heavy (non-hydrogen) atoms. The molecule has 2 N–H and O–H groups in total. The van der Waals surface area contributed by atoms with E-state index in [2.05, 4.69) is 18.7 Å². The Morgan fingerprint density at radius 3 is 2.57 bits per heavy atom. The van der Waals surface area contributed by atoms with Crippen LogP contribution in [0, 0.1) is 5.82 Å². The highest BCUT2D eigenvalue weighted by Gasteiger charge is 2.18. The van der Waals surface area contributed by atoms with Crippen molar-refractivity contribution in [3.8, 4) is 0 Å². The highest BCUT2D eigenvalue weighted by atomic mass is 32.1. The van der Waals surface area contributed by atoms with E-state index in [4.69, 9.17) is 22.7 Å². The number of hydrogen-bond acceptors (Lipinski definition) is 3. The SMILES string of the molecule is CCC(CC)N(CCOC)Cc1cccc(C(N)=S)c1F. The smallest absolute Gasteiger partial charge is 0.137 e. The maximum absolute atomic E-state index is 14.5. The van der Waals surface area contributed by atoms with Crippen molar-refractivity contribution in [1.29, 1.82) is 0 Å². The maximum Gasteiger partial charge on any atom is 0.137 e. The molecule has 0 radical (unpaired) electrons. The van der Waals surface area contributed by atoms with Crippen LogP contribution in [-0.4, -0.2) is 36.2 Å². The number of thiocarbonyl (C=S) groups is 1. The minimum Gasteiger partial charge on any atom is -0.389 e. The second-order valence-electron chi connectivity index (χ2n) is 5.08. The van der Waals surface area contributed by atoms with Crippen LogP contribution >= 0.6 is 12.2 Å². The van der Waals surface area contributed by atoms with Crippen LogP contribution in [0.2, 0.25) is 0 Å². The average Bonchev–Trinajstić information content (AvgIpc) is 2.47. The summed E-state index contributed by atoms with van der Waals surface area (Å²) in [6.45, 7) is 6.25. The summed E-state index contributed by atoms with van der Waals surface area (Å²) in [5.41, 5.74) is 6.51. The topological polar surface area (TPSA) is 38.5 Å². The molecule has 1 aromatic rings. The van der Waals surface area contributed by atoms with Gasteiger partial charge in [0.25, 0.3) is 0 Å². The third-order valence-corrected chi connectivity index (χ3v) is 3.98. The summed E-state index contributed by atoms with van der Waals surface area (Å²) in [6, 6.07) is 5.62. The molecular weight excluding hydrogens is 287 g/mol. The molecule has 0 bridgehead atoms. The third-order valence-electron chi connectivity index (χ3n) is 3.76. The zero-order valence-corrected chi connectivity index (χ0v) is 13.9. The van der Waals surface area contributed by atoms with E-state index in [1.54, 1.807) is 25.3 Å². The van der Waals surface area contributed by atoms with E-state index in [0.717, 1.165) is 19.4 Å². The van der Waals surface area contributed by atoms with Crippen LogP contribution in [0.4, 0.5) is 4.39 Å². The van der Waals surface area contributed by atoms with Crippen molar-refractivity contribution in [3.05, 3.63) is 35.1 Å². The standard InChI is InChI=1S/C16H25FN2OS/c1-4-13(5-2)19(9-10-20-3)11-12-7-6-8-14(15(12)17)16(18)21/h6-8,13H,4-5,9-11H2,1-3H3,(H2,18,21). The van der Waals surface area contributed by atoms with Gasteiger partial charge in [0.05, 0.1) is 6.61 Å². The fourth-order valence-electron chi connectivity index (χ4n) is 2.52. The van der Waals surface area contributed by atoms with E-state index in [-0.39, 0.29) is 10.8 Å². The van der Waals surface area contributed by atoms with Crippen LogP contribution in [0.25, 0.3) is 0 Å². The van der Waals surface area contributed by atoms with Gasteiger partial charge in [0.2, 0.25) is 0 Å². The van der Waals surface area contributed by atoms with E-state index in [0.29, 0.717) is 30.3 Å². The lowest BCUT2D eigenvalue weighted by atomic mass is 10.1. The van der Waals surface area contributed by atoms with Crippen molar-refractivity contribution in [2.45, 2.75) is 39.3 Å². The summed E-state index contributed by atoms with van der Waals surface area (Å²) < 4.78 is 19.6. The van der Waals surface area contributed by atoms with Crippen LogP contribution < -0.4 is 5.73 Å². The van der Waals surface area contributed by atoms with Gasteiger partial charge in [0.1, 0.15) is 10.8 Å². The Balaban J connectivity index is 2.97. The van der Waals surface area contributed by atoms with Gasteiger partial charge in [-0.15, -0.1) is 0 Å². The third kappa shape index (κ3) is 5.02. The van der Waals surface area contributed by atoms with E-state index in [1.165, 1.54) is 0 Å². The summed E-state index contributed by atoms with van der Waals surface area (Å²) >= 11 is 4.89. The molecule has 1 rings (SSSR count). The first kappa shape index (κ1) is 18.0. The number of benzene rings is 1. The van der Waals surface area contributed by atoms with E-state index in [1.807, 2.05) is 0 Å². The number of hydrogen-bond donors (Lipinski definition) is 1. The highest BCUT2D eigenvalue weighted by Crippen LogP contribution is 2.18. The second-order valence-corrected chi connectivity index (χ2v) is 5.52. The summed E-state index contributed by atoms with van der Waals surface area (Å²) in [6.07, 6.45) is 2.05. The van der Waals surface area contributed by atoms with Crippen molar-refractivity contribution < 1.29 is 9.13 Å². The van der Waals surface area contributed by atoms with Gasteiger partial charge in [-0.3, -0.25) is 4.90 Å². The first-order valence-corrected chi connectivity index (χ1v) is 7.76. The molecule has 0 saturated carbocycles. The van der Waals surface area contributed by atoms with Crippen LogP contribution in [0.3, 0.4) is 0 Å². The average molecular weight is 312 g/mol. The molecule has 0 amide bonds. The molecule has 0 aliphatic rings. The lowest BCUT2D eigenvalue weighted by Crippen LogP contribution is -2.36. The molecule has 0 aromatic heterocycles. The molecule has 0 heterocycles. The second kappa shape index (κ2) is 9.07. The first-order chi connectivity index (χ1) is 10.0. The molecule has 0 unspecified atom stereocenters. The highest BCUT2D eigenvalue weighted by molar-refractivity contribution is 7.80. The Morgan fingerprint density at radius 1 is 1.38 bits per heavy atom. The predicted octanol–water partition coefficient (Wildman–Crippen LogP) is 3.10. The van der Waals surface area contributed by atoms with Crippen LogP contribution in [-0.2, 0) is 11.3 Å². The Labute approximate surface area is 132 Å².